The number of carboxylic acids is 1. The summed E-state index contributed by atoms with van der Waals surface area (Å²) < 4.78 is 4.64. The van der Waals surface area contributed by atoms with Gasteiger partial charge < -0.3 is 31.1 Å². The van der Waals surface area contributed by atoms with Crippen molar-refractivity contribution in [1.29, 1.82) is 0 Å². The first kappa shape index (κ1) is 51.9. The molecule has 0 aromatic heterocycles. The first-order valence-electron chi connectivity index (χ1n) is 22.4. The summed E-state index contributed by atoms with van der Waals surface area (Å²) in [4.78, 5) is 117. The minimum absolute atomic E-state index is 0.0323. The van der Waals surface area contributed by atoms with Crippen LogP contribution in [0.25, 0.3) is 0 Å². The Morgan fingerprint density at radius 2 is 1.51 bits per heavy atom. The van der Waals surface area contributed by atoms with Gasteiger partial charge in [0.2, 0.25) is 23.6 Å². The highest BCUT2D eigenvalue weighted by atomic mass is 16.6. The molecule has 3 fully saturated rings. The van der Waals surface area contributed by atoms with Crippen LogP contribution in [0, 0.1) is 33.8 Å². The largest absolute Gasteiger partial charge is 0.478 e. The Balaban J connectivity index is 0.00000253. The van der Waals surface area contributed by atoms with Crippen molar-refractivity contribution in [2.45, 2.75) is 147 Å². The van der Waals surface area contributed by atoms with Gasteiger partial charge in [-0.15, -0.1) is 0 Å². The second kappa shape index (κ2) is 25.6. The third-order valence-electron chi connectivity index (χ3n) is 12.7. The van der Waals surface area contributed by atoms with Crippen molar-refractivity contribution < 1.29 is 53.1 Å². The summed E-state index contributed by atoms with van der Waals surface area (Å²) in [5.41, 5.74) is 4.30. The molecule has 3 aliphatic rings. The maximum atomic E-state index is 14.5. The van der Waals surface area contributed by atoms with Gasteiger partial charge >= 0.3 is 11.9 Å². The van der Waals surface area contributed by atoms with E-state index in [1.54, 1.807) is 6.92 Å². The Bertz CT molecular complexity index is 1820. The van der Waals surface area contributed by atoms with Gasteiger partial charge in [0.15, 0.2) is 18.6 Å². The van der Waals surface area contributed by atoms with Crippen LogP contribution in [0.2, 0.25) is 0 Å². The van der Waals surface area contributed by atoms with Gasteiger partial charge in [-0.1, -0.05) is 76.1 Å². The highest BCUT2D eigenvalue weighted by molar-refractivity contribution is 6.07. The molecule has 1 aliphatic heterocycles. The number of likely N-dealkylation sites (tertiary alicyclic amines) is 1. The van der Waals surface area contributed by atoms with Gasteiger partial charge in [0.25, 0.3) is 0 Å². The van der Waals surface area contributed by atoms with E-state index in [2.05, 4.69) is 15.4 Å². The van der Waals surface area contributed by atoms with E-state index in [4.69, 9.17) is 15.8 Å². The van der Waals surface area contributed by atoms with Crippen molar-refractivity contribution in [1.82, 2.24) is 15.5 Å². The SMILES string of the molecule is CCC[C@H](NC(=O)[C@H](CC/C=C/C(=O)OC)CC(=O)c1ccccc1C(=O)O)C(=O)N1CCC[C@@]1(C)C(=O)N[C@H](C(=O)C[C@H](C(N)=O)C1CCCCC1)C1CCCCC1.C[N+](=O)[O-]. The van der Waals surface area contributed by atoms with Crippen LogP contribution in [0.5, 0.6) is 0 Å². The minimum atomic E-state index is -1.33. The number of methoxy groups -OCH3 is 1. The molecule has 0 unspecified atom stereocenters. The fraction of sp³-hybridized carbons (Fsp3) is 0.652. The quantitative estimate of drug-likeness (QED) is 0.0401. The number of nitrogens with one attached hydrogen (secondary N) is 2. The fourth-order valence-corrected chi connectivity index (χ4v) is 9.30. The minimum Gasteiger partial charge on any atom is -0.478 e. The summed E-state index contributed by atoms with van der Waals surface area (Å²) in [5, 5.41) is 24.4. The highest BCUT2D eigenvalue weighted by Gasteiger charge is 2.49. The number of aromatic carboxylic acids is 1. The fourth-order valence-electron chi connectivity index (χ4n) is 9.30. The van der Waals surface area contributed by atoms with Crippen molar-refractivity contribution in [3.63, 3.8) is 0 Å². The first-order chi connectivity index (χ1) is 29.9. The van der Waals surface area contributed by atoms with Crippen LogP contribution >= 0.6 is 0 Å². The zero-order valence-electron chi connectivity index (χ0n) is 37.3. The second-order valence-corrected chi connectivity index (χ2v) is 17.3. The maximum absolute atomic E-state index is 14.5. The maximum Gasteiger partial charge on any atom is 0.336 e. The van der Waals surface area contributed by atoms with Crippen LogP contribution in [0.1, 0.15) is 150 Å². The monoisotopic (exact) mass is 881 g/mol. The summed E-state index contributed by atoms with van der Waals surface area (Å²) in [6.07, 6.45) is 13.4. The number of hydrogen-bond donors (Lipinski definition) is 4. The van der Waals surface area contributed by atoms with Crippen LogP contribution in [0.4, 0.5) is 0 Å². The average Bonchev–Trinajstić information content (AvgIpc) is 3.67. The lowest BCUT2D eigenvalue weighted by molar-refractivity contribution is -0.445. The predicted molar refractivity (Wildman–Crippen MR) is 233 cm³/mol. The number of carboxylic acid groups (broad SMARTS) is 1. The van der Waals surface area contributed by atoms with E-state index < -0.39 is 75.7 Å². The average molecular weight is 882 g/mol. The second-order valence-electron chi connectivity index (χ2n) is 17.3. The molecule has 0 radical (unpaired) electrons. The Morgan fingerprint density at radius 1 is 0.921 bits per heavy atom. The molecule has 5 atom stereocenters. The molecule has 17 nitrogen and oxygen atoms in total. The number of amides is 4. The first-order valence-corrected chi connectivity index (χ1v) is 22.4. The Hall–Kier alpha value is -5.48. The van der Waals surface area contributed by atoms with Gasteiger partial charge in [0, 0.05) is 47.8 Å². The summed E-state index contributed by atoms with van der Waals surface area (Å²) in [6, 6.07) is 3.86. The highest BCUT2D eigenvalue weighted by Crippen LogP contribution is 2.36. The van der Waals surface area contributed by atoms with Crippen molar-refractivity contribution in [2.24, 2.45) is 29.4 Å². The molecule has 63 heavy (non-hydrogen) atoms. The summed E-state index contributed by atoms with van der Waals surface area (Å²) >= 11 is 0. The van der Waals surface area contributed by atoms with Gasteiger partial charge in [-0.2, -0.15) is 0 Å². The number of hydrogen-bond acceptors (Lipinski definition) is 11. The number of esters is 1. The number of ketones is 2. The molecule has 5 N–H and O–H groups in total. The van der Waals surface area contributed by atoms with Gasteiger partial charge in [-0.25, -0.2) is 9.59 Å². The number of allylic oxidation sites excluding steroid dienone is 1. The third kappa shape index (κ3) is 15.4. The zero-order valence-corrected chi connectivity index (χ0v) is 37.3. The van der Waals surface area contributed by atoms with Crippen molar-refractivity contribution in [3.05, 3.63) is 57.7 Å². The zero-order chi connectivity index (χ0) is 46.7. The number of ether oxygens (including phenoxy) is 1. The van der Waals surface area contributed by atoms with E-state index in [1.165, 1.54) is 48.4 Å². The Labute approximate surface area is 369 Å². The number of carbonyl (C=O) groups excluding carboxylic acids is 7. The molecular weight excluding hydrogens is 815 g/mol. The lowest BCUT2D eigenvalue weighted by atomic mass is 9.75. The smallest absolute Gasteiger partial charge is 0.336 e. The number of nitro groups is 1. The molecule has 1 saturated heterocycles. The third-order valence-corrected chi connectivity index (χ3v) is 12.7. The predicted octanol–water partition coefficient (Wildman–Crippen LogP) is 5.35. The number of nitrogens with zero attached hydrogens (tertiary/aromatic N) is 2. The van der Waals surface area contributed by atoms with Gasteiger partial charge in [0.05, 0.1) is 18.7 Å². The topological polar surface area (TPSA) is 262 Å². The lowest BCUT2D eigenvalue weighted by Crippen LogP contribution is -2.62. The molecule has 0 spiro atoms. The van der Waals surface area contributed by atoms with Crippen molar-refractivity contribution in [3.8, 4) is 0 Å². The van der Waals surface area contributed by atoms with Crippen LogP contribution < -0.4 is 16.4 Å². The molecule has 4 rings (SSSR count). The van der Waals surface area contributed by atoms with Crippen LogP contribution in [0.15, 0.2) is 36.4 Å². The summed E-state index contributed by atoms with van der Waals surface area (Å²) in [6.45, 7) is 3.79. The molecule has 2 aliphatic carbocycles. The number of Topliss-reactive ketones (excluding diaryl/α,β-unsaturated/α-hetero) is 2. The van der Waals surface area contributed by atoms with Crippen molar-refractivity contribution >= 4 is 47.1 Å². The van der Waals surface area contributed by atoms with E-state index in [1.807, 2.05) is 6.92 Å². The Morgan fingerprint density at radius 3 is 2.06 bits per heavy atom. The standard InChI is InChI=1S/C45H64N4O10.CH3NO2/c1-4-16-35(47-41(54)31(21-11-14-24-38(52)59-3)27-36(50)32-22-12-13-23-33(32)43(56)57)42(55)49-26-15-25-45(49,2)44(58)48-39(30-19-9-6-10-20-30)37(51)28-34(40(46)53)29-17-7-5-8-18-29;1-2(3)4/h12-14,22-24,29-31,34-35,39H,4-11,15-21,25-28H2,1-3H3,(H2,46,53)(H,47,54)(H,48,58)(H,56,57);1H3/b24-14+;/t31-,34+,35+,39+,45+;/m1./s1. The number of nitrogens with two attached hydrogens (primary N) is 1. The van der Waals surface area contributed by atoms with E-state index in [-0.39, 0.29) is 67.4 Å². The van der Waals surface area contributed by atoms with Gasteiger partial charge in [-0.05, 0) is 82.6 Å². The molecule has 0 bridgehead atoms. The Kier molecular flexibility index (Phi) is 21.1. The number of carbonyl (C=O) groups is 8. The van der Waals surface area contributed by atoms with E-state index in [0.717, 1.165) is 71.3 Å². The molecule has 2 saturated carbocycles. The molecule has 348 valence electrons. The number of primary amides is 1. The molecular formula is C46H67N5O12. The summed E-state index contributed by atoms with van der Waals surface area (Å²) in [5.74, 6) is -6.32. The number of rotatable bonds is 21. The van der Waals surface area contributed by atoms with Crippen LogP contribution in [0.3, 0.4) is 0 Å². The van der Waals surface area contributed by atoms with Gasteiger partial charge in [0.1, 0.15) is 11.6 Å². The van der Waals surface area contributed by atoms with Crippen molar-refractivity contribution in [2.75, 3.05) is 20.7 Å². The van der Waals surface area contributed by atoms with E-state index in [9.17, 15) is 43.5 Å². The number of benzene rings is 1. The van der Waals surface area contributed by atoms with E-state index >= 15 is 0 Å². The molecule has 1 heterocycles. The lowest BCUT2D eigenvalue weighted by Gasteiger charge is -2.39. The van der Waals surface area contributed by atoms with Crippen LogP contribution in [-0.2, 0) is 33.5 Å². The molecule has 1 aromatic carbocycles. The molecule has 1 aromatic rings. The summed E-state index contributed by atoms with van der Waals surface area (Å²) in [7, 11) is 2.12. The normalized spacial score (nSPS) is 20.0. The van der Waals surface area contributed by atoms with Crippen LogP contribution in [-0.4, -0.2) is 100 Å². The molecule has 17 heteroatoms. The van der Waals surface area contributed by atoms with Gasteiger partial charge in [-0.3, -0.25) is 38.9 Å². The molecule has 4 amide bonds. The van der Waals surface area contributed by atoms with E-state index in [0.29, 0.717) is 19.3 Å².